The minimum absolute atomic E-state index is 0.0110. The highest BCUT2D eigenvalue weighted by atomic mass is 16.3. The lowest BCUT2D eigenvalue weighted by Gasteiger charge is -2.17. The van der Waals surface area contributed by atoms with E-state index in [1.165, 1.54) is 0 Å². The lowest BCUT2D eigenvalue weighted by Crippen LogP contribution is -2.31. The zero-order valence-electron chi connectivity index (χ0n) is 11.7. The third-order valence-electron chi connectivity index (χ3n) is 4.23. The van der Waals surface area contributed by atoms with E-state index in [0.717, 1.165) is 24.8 Å². The van der Waals surface area contributed by atoms with E-state index < -0.39 is 0 Å². The van der Waals surface area contributed by atoms with E-state index in [1.54, 1.807) is 12.1 Å². The molecule has 1 aliphatic rings. The molecule has 2 rings (SSSR count). The molecule has 110 valence electrons. The van der Waals surface area contributed by atoms with Gasteiger partial charge in [0.25, 0.3) is 0 Å². The number of benzene rings is 1. The van der Waals surface area contributed by atoms with Crippen LogP contribution in [0.3, 0.4) is 0 Å². The zero-order valence-corrected chi connectivity index (χ0v) is 11.7. The minimum Gasteiger partial charge on any atom is -0.508 e. The standard InChI is InChI=1S/C16H23NO3/c18-11-14-6-3-5-13(14)10-17-16(20)9-8-12-4-1-2-7-15(12)19/h1-2,4,7,13-14,18-19H,3,5-6,8-11H2,(H,17,20). The zero-order chi connectivity index (χ0) is 14.4. The molecule has 2 atom stereocenters. The van der Waals surface area contributed by atoms with Crippen LogP contribution < -0.4 is 5.32 Å². The monoisotopic (exact) mass is 277 g/mol. The summed E-state index contributed by atoms with van der Waals surface area (Å²) in [6.45, 7) is 0.878. The molecule has 0 spiro atoms. The van der Waals surface area contributed by atoms with Gasteiger partial charge in [0.2, 0.25) is 5.91 Å². The average Bonchev–Trinajstić information content (AvgIpc) is 2.91. The molecular weight excluding hydrogens is 254 g/mol. The molecule has 0 aromatic heterocycles. The van der Waals surface area contributed by atoms with Gasteiger partial charge in [-0.15, -0.1) is 0 Å². The fraction of sp³-hybridized carbons (Fsp3) is 0.562. The molecular formula is C16H23NO3. The quantitative estimate of drug-likeness (QED) is 0.743. The number of aryl methyl sites for hydroxylation is 1. The summed E-state index contributed by atoms with van der Waals surface area (Å²) in [6, 6.07) is 7.10. The molecule has 4 heteroatoms. The van der Waals surface area contributed by atoms with E-state index >= 15 is 0 Å². The number of amides is 1. The number of nitrogens with one attached hydrogen (secondary N) is 1. The van der Waals surface area contributed by atoms with Crippen molar-refractivity contribution in [2.45, 2.75) is 32.1 Å². The summed E-state index contributed by atoms with van der Waals surface area (Å²) in [5.41, 5.74) is 0.803. The third kappa shape index (κ3) is 3.97. The Balaban J connectivity index is 1.72. The fourth-order valence-corrected chi connectivity index (χ4v) is 2.93. The van der Waals surface area contributed by atoms with E-state index in [-0.39, 0.29) is 18.3 Å². The van der Waals surface area contributed by atoms with Crippen molar-refractivity contribution in [2.24, 2.45) is 11.8 Å². The largest absolute Gasteiger partial charge is 0.508 e. The van der Waals surface area contributed by atoms with Crippen LogP contribution in [0.5, 0.6) is 5.75 Å². The van der Waals surface area contributed by atoms with Gasteiger partial charge in [-0.1, -0.05) is 24.6 Å². The first-order chi connectivity index (χ1) is 9.70. The summed E-state index contributed by atoms with van der Waals surface area (Å²) >= 11 is 0. The molecule has 3 N–H and O–H groups in total. The number of aliphatic hydroxyl groups excluding tert-OH is 1. The number of rotatable bonds is 6. The lowest BCUT2D eigenvalue weighted by atomic mass is 9.97. The summed E-state index contributed by atoms with van der Waals surface area (Å²) < 4.78 is 0. The molecule has 2 unspecified atom stereocenters. The number of hydrogen-bond donors (Lipinski definition) is 3. The number of phenols is 1. The van der Waals surface area contributed by atoms with Gasteiger partial charge in [0.05, 0.1) is 0 Å². The number of phenolic OH excluding ortho intramolecular Hbond substituents is 1. The smallest absolute Gasteiger partial charge is 0.220 e. The van der Waals surface area contributed by atoms with Gasteiger partial charge < -0.3 is 15.5 Å². The molecule has 1 amide bonds. The Bertz CT molecular complexity index is 447. The van der Waals surface area contributed by atoms with Crippen molar-refractivity contribution >= 4 is 5.91 Å². The van der Waals surface area contributed by atoms with Crippen LogP contribution >= 0.6 is 0 Å². The molecule has 1 aromatic rings. The topological polar surface area (TPSA) is 69.6 Å². The van der Waals surface area contributed by atoms with Gasteiger partial charge in [-0.3, -0.25) is 4.79 Å². The molecule has 1 saturated carbocycles. The first-order valence-corrected chi connectivity index (χ1v) is 7.35. The van der Waals surface area contributed by atoms with Crippen LogP contribution in [0.1, 0.15) is 31.2 Å². The van der Waals surface area contributed by atoms with Gasteiger partial charge in [0.1, 0.15) is 5.75 Å². The van der Waals surface area contributed by atoms with E-state index in [4.69, 9.17) is 0 Å². The molecule has 0 bridgehead atoms. The minimum atomic E-state index is 0.0110. The molecule has 0 saturated heterocycles. The van der Waals surface area contributed by atoms with Crippen molar-refractivity contribution in [3.8, 4) is 5.75 Å². The number of para-hydroxylation sites is 1. The Morgan fingerprint density at radius 2 is 2.00 bits per heavy atom. The molecule has 1 aromatic carbocycles. The van der Waals surface area contributed by atoms with Crippen LogP contribution in [0.2, 0.25) is 0 Å². The average molecular weight is 277 g/mol. The highest BCUT2D eigenvalue weighted by molar-refractivity contribution is 5.76. The van der Waals surface area contributed by atoms with Crippen molar-refractivity contribution < 1.29 is 15.0 Å². The summed E-state index contributed by atoms with van der Waals surface area (Å²) in [6.07, 6.45) is 4.23. The molecule has 0 heterocycles. The number of aliphatic hydroxyl groups is 1. The number of carbonyl (C=O) groups excluding carboxylic acids is 1. The van der Waals surface area contributed by atoms with Crippen LogP contribution in [-0.2, 0) is 11.2 Å². The number of carbonyl (C=O) groups is 1. The summed E-state index contributed by atoms with van der Waals surface area (Å²) in [5, 5.41) is 21.8. The van der Waals surface area contributed by atoms with Gasteiger partial charge in [-0.25, -0.2) is 0 Å². The fourth-order valence-electron chi connectivity index (χ4n) is 2.93. The Morgan fingerprint density at radius 1 is 1.25 bits per heavy atom. The SMILES string of the molecule is O=C(CCc1ccccc1O)NCC1CCCC1CO. The predicted octanol–water partition coefficient (Wildman–Crippen LogP) is 1.85. The maximum atomic E-state index is 11.8. The van der Waals surface area contributed by atoms with Crippen LogP contribution in [-0.4, -0.2) is 29.3 Å². The summed E-state index contributed by atoms with van der Waals surface area (Å²) in [4.78, 5) is 11.8. The molecule has 4 nitrogen and oxygen atoms in total. The Labute approximate surface area is 119 Å². The Hall–Kier alpha value is -1.55. The second-order valence-electron chi connectivity index (χ2n) is 5.57. The van der Waals surface area contributed by atoms with Crippen molar-refractivity contribution in [3.05, 3.63) is 29.8 Å². The van der Waals surface area contributed by atoms with Gasteiger partial charge >= 0.3 is 0 Å². The Kier molecular flexibility index (Phi) is 5.41. The highest BCUT2D eigenvalue weighted by Gasteiger charge is 2.26. The second-order valence-corrected chi connectivity index (χ2v) is 5.57. The molecule has 1 fully saturated rings. The van der Waals surface area contributed by atoms with E-state index in [0.29, 0.717) is 31.2 Å². The van der Waals surface area contributed by atoms with Crippen LogP contribution in [0.4, 0.5) is 0 Å². The van der Waals surface area contributed by atoms with Crippen molar-refractivity contribution in [3.63, 3.8) is 0 Å². The molecule has 0 aliphatic heterocycles. The lowest BCUT2D eigenvalue weighted by molar-refractivity contribution is -0.121. The highest BCUT2D eigenvalue weighted by Crippen LogP contribution is 2.30. The number of aromatic hydroxyl groups is 1. The summed E-state index contributed by atoms with van der Waals surface area (Å²) in [7, 11) is 0. The normalized spacial score (nSPS) is 21.9. The molecule has 0 radical (unpaired) electrons. The van der Waals surface area contributed by atoms with Crippen LogP contribution in [0.25, 0.3) is 0 Å². The summed E-state index contributed by atoms with van der Waals surface area (Å²) in [5.74, 6) is 1.01. The van der Waals surface area contributed by atoms with Gasteiger partial charge in [0.15, 0.2) is 0 Å². The van der Waals surface area contributed by atoms with Crippen molar-refractivity contribution in [1.82, 2.24) is 5.32 Å². The molecule has 1 aliphatic carbocycles. The van der Waals surface area contributed by atoms with E-state index in [2.05, 4.69) is 5.32 Å². The van der Waals surface area contributed by atoms with Crippen molar-refractivity contribution in [2.75, 3.05) is 13.2 Å². The number of hydrogen-bond acceptors (Lipinski definition) is 3. The Morgan fingerprint density at radius 3 is 2.75 bits per heavy atom. The van der Waals surface area contributed by atoms with Gasteiger partial charge in [-0.2, -0.15) is 0 Å². The first-order valence-electron chi connectivity index (χ1n) is 7.35. The van der Waals surface area contributed by atoms with Gasteiger partial charge in [0, 0.05) is 19.6 Å². The second kappa shape index (κ2) is 7.29. The van der Waals surface area contributed by atoms with Crippen molar-refractivity contribution in [1.29, 1.82) is 0 Å². The third-order valence-corrected chi connectivity index (χ3v) is 4.23. The predicted molar refractivity (Wildman–Crippen MR) is 77.4 cm³/mol. The maximum absolute atomic E-state index is 11.8. The van der Waals surface area contributed by atoms with Crippen LogP contribution in [0, 0.1) is 11.8 Å². The van der Waals surface area contributed by atoms with E-state index in [9.17, 15) is 15.0 Å². The van der Waals surface area contributed by atoms with Gasteiger partial charge in [-0.05, 0) is 42.7 Å². The van der Waals surface area contributed by atoms with E-state index in [1.807, 2.05) is 12.1 Å². The molecule has 20 heavy (non-hydrogen) atoms. The van der Waals surface area contributed by atoms with Crippen LogP contribution in [0.15, 0.2) is 24.3 Å². The first kappa shape index (κ1) is 14.9. The maximum Gasteiger partial charge on any atom is 0.220 e.